The summed E-state index contributed by atoms with van der Waals surface area (Å²) in [6.07, 6.45) is 6.26. The second-order valence-corrected chi connectivity index (χ2v) is 4.75. The Morgan fingerprint density at radius 3 is 2.50 bits per heavy atom. The minimum absolute atomic E-state index is 0.705. The third-order valence-electron chi connectivity index (χ3n) is 2.18. The van der Waals surface area contributed by atoms with E-state index in [1.54, 1.807) is 7.11 Å². The van der Waals surface area contributed by atoms with Crippen molar-refractivity contribution in [2.75, 3.05) is 26.9 Å². The first kappa shape index (κ1) is 14.4. The summed E-state index contributed by atoms with van der Waals surface area (Å²) in [6.45, 7) is 4.53. The molecule has 1 atom stereocenters. The summed E-state index contributed by atoms with van der Waals surface area (Å²) in [6, 6.07) is 0. The lowest BCUT2D eigenvalue weighted by Crippen LogP contribution is -2.03. The number of alkyl halides is 1. The number of hydrogen-bond donors (Lipinski definition) is 0. The largest absolute Gasteiger partial charge is 0.382 e. The van der Waals surface area contributed by atoms with Crippen molar-refractivity contribution in [3.8, 4) is 0 Å². The minimum Gasteiger partial charge on any atom is -0.382 e. The summed E-state index contributed by atoms with van der Waals surface area (Å²) >= 11 is 3.63. The minimum atomic E-state index is 0.705. The highest BCUT2D eigenvalue weighted by Crippen LogP contribution is 2.13. The van der Waals surface area contributed by atoms with Crippen LogP contribution in [0, 0.1) is 0 Å². The highest BCUT2D eigenvalue weighted by molar-refractivity contribution is 9.09. The highest BCUT2D eigenvalue weighted by Gasteiger charge is 1.99. The fourth-order valence-corrected chi connectivity index (χ4v) is 1.52. The molecule has 0 saturated carbocycles. The maximum Gasteiger partial charge on any atom is 0.0700 e. The molecule has 0 spiro atoms. The normalized spacial score (nSPS) is 13.1. The van der Waals surface area contributed by atoms with E-state index in [-0.39, 0.29) is 0 Å². The van der Waals surface area contributed by atoms with Crippen molar-refractivity contribution in [3.63, 3.8) is 0 Å². The zero-order chi connectivity index (χ0) is 10.6. The lowest BCUT2D eigenvalue weighted by Gasteiger charge is -2.06. The molecule has 0 aromatic rings. The van der Waals surface area contributed by atoms with Gasteiger partial charge in [-0.25, -0.2) is 0 Å². The third kappa shape index (κ3) is 10.5. The monoisotopic (exact) mass is 266 g/mol. The van der Waals surface area contributed by atoms with E-state index in [0.717, 1.165) is 13.2 Å². The van der Waals surface area contributed by atoms with Crippen LogP contribution in [-0.2, 0) is 9.47 Å². The molecule has 86 valence electrons. The molecule has 0 fully saturated rings. The van der Waals surface area contributed by atoms with Crippen LogP contribution in [0.1, 0.15) is 39.0 Å². The van der Waals surface area contributed by atoms with Crippen molar-refractivity contribution in [2.24, 2.45) is 0 Å². The predicted molar refractivity (Wildman–Crippen MR) is 64.2 cm³/mol. The van der Waals surface area contributed by atoms with Gasteiger partial charge in [0.05, 0.1) is 13.2 Å². The predicted octanol–water partition coefficient (Wildman–Crippen LogP) is 3.38. The van der Waals surface area contributed by atoms with Crippen LogP contribution in [0.5, 0.6) is 0 Å². The molecule has 0 N–H and O–H groups in total. The van der Waals surface area contributed by atoms with Gasteiger partial charge in [0.1, 0.15) is 0 Å². The second-order valence-electron chi connectivity index (χ2n) is 3.46. The van der Waals surface area contributed by atoms with Crippen LogP contribution in [-0.4, -0.2) is 31.8 Å². The molecule has 0 heterocycles. The highest BCUT2D eigenvalue weighted by atomic mass is 79.9. The van der Waals surface area contributed by atoms with E-state index < -0.39 is 0 Å². The van der Waals surface area contributed by atoms with Crippen LogP contribution in [0.2, 0.25) is 0 Å². The van der Waals surface area contributed by atoms with Crippen LogP contribution >= 0.6 is 15.9 Å². The van der Waals surface area contributed by atoms with Gasteiger partial charge in [-0.1, -0.05) is 35.7 Å². The molecule has 0 aromatic carbocycles. The molecule has 1 unspecified atom stereocenters. The third-order valence-corrected chi connectivity index (χ3v) is 3.29. The van der Waals surface area contributed by atoms with Gasteiger partial charge in [0.25, 0.3) is 0 Å². The van der Waals surface area contributed by atoms with E-state index in [1.165, 1.54) is 32.1 Å². The molecule has 3 heteroatoms. The SMILES string of the molecule is CCC(Br)CCCCCOCCOC. The molecule has 2 nitrogen and oxygen atoms in total. The summed E-state index contributed by atoms with van der Waals surface area (Å²) in [5.41, 5.74) is 0. The Hall–Kier alpha value is 0.400. The Balaban J connectivity index is 2.92. The van der Waals surface area contributed by atoms with Crippen LogP contribution in [0.3, 0.4) is 0 Å². The van der Waals surface area contributed by atoms with Gasteiger partial charge in [-0.2, -0.15) is 0 Å². The topological polar surface area (TPSA) is 18.5 Å². The van der Waals surface area contributed by atoms with Crippen molar-refractivity contribution < 1.29 is 9.47 Å². The van der Waals surface area contributed by atoms with Crippen LogP contribution in [0.15, 0.2) is 0 Å². The van der Waals surface area contributed by atoms with Crippen molar-refractivity contribution in [1.82, 2.24) is 0 Å². The molecule has 0 aliphatic rings. The standard InChI is InChI=1S/C11H23BrO2/c1-3-11(12)7-5-4-6-8-14-10-9-13-2/h11H,3-10H2,1-2H3. The quantitative estimate of drug-likeness (QED) is 0.446. The molecule has 0 radical (unpaired) electrons. The Labute approximate surface area is 96.5 Å². The van der Waals surface area contributed by atoms with Crippen molar-refractivity contribution >= 4 is 15.9 Å². The number of rotatable bonds is 10. The van der Waals surface area contributed by atoms with E-state index >= 15 is 0 Å². The van der Waals surface area contributed by atoms with E-state index in [0.29, 0.717) is 11.4 Å². The fourth-order valence-electron chi connectivity index (χ4n) is 1.20. The number of halogens is 1. The lowest BCUT2D eigenvalue weighted by molar-refractivity contribution is 0.0686. The molecule has 0 rings (SSSR count). The van der Waals surface area contributed by atoms with Crippen LogP contribution < -0.4 is 0 Å². The van der Waals surface area contributed by atoms with Gasteiger partial charge < -0.3 is 9.47 Å². The number of ether oxygens (including phenoxy) is 2. The average Bonchev–Trinajstić information content (AvgIpc) is 2.21. The average molecular weight is 267 g/mol. The zero-order valence-corrected chi connectivity index (χ0v) is 11.0. The molecular weight excluding hydrogens is 244 g/mol. The first-order valence-corrected chi connectivity index (χ1v) is 6.43. The van der Waals surface area contributed by atoms with Gasteiger partial charge in [-0.15, -0.1) is 0 Å². The van der Waals surface area contributed by atoms with Crippen LogP contribution in [0.25, 0.3) is 0 Å². The maximum atomic E-state index is 5.37. The Morgan fingerprint density at radius 1 is 1.07 bits per heavy atom. The van der Waals surface area contributed by atoms with Gasteiger partial charge in [0, 0.05) is 18.5 Å². The van der Waals surface area contributed by atoms with Crippen molar-refractivity contribution in [2.45, 2.75) is 43.9 Å². The van der Waals surface area contributed by atoms with Gasteiger partial charge in [0.2, 0.25) is 0 Å². The zero-order valence-electron chi connectivity index (χ0n) is 9.43. The van der Waals surface area contributed by atoms with Crippen LogP contribution in [0.4, 0.5) is 0 Å². The van der Waals surface area contributed by atoms with E-state index in [2.05, 4.69) is 22.9 Å². The van der Waals surface area contributed by atoms with Gasteiger partial charge in [-0.05, 0) is 19.3 Å². The fraction of sp³-hybridized carbons (Fsp3) is 1.00. The summed E-state index contributed by atoms with van der Waals surface area (Å²) in [4.78, 5) is 0.705. The van der Waals surface area contributed by atoms with Gasteiger partial charge in [-0.3, -0.25) is 0 Å². The van der Waals surface area contributed by atoms with Crippen molar-refractivity contribution in [3.05, 3.63) is 0 Å². The lowest BCUT2D eigenvalue weighted by atomic mass is 10.1. The molecule has 14 heavy (non-hydrogen) atoms. The molecule has 0 aromatic heterocycles. The number of methoxy groups -OCH3 is 1. The molecule has 0 aliphatic heterocycles. The summed E-state index contributed by atoms with van der Waals surface area (Å²) in [5, 5.41) is 0. The first-order valence-electron chi connectivity index (χ1n) is 5.52. The van der Waals surface area contributed by atoms with Gasteiger partial charge >= 0.3 is 0 Å². The Kier molecular flexibility index (Phi) is 11.8. The molecular formula is C11H23BrO2. The molecule has 0 saturated heterocycles. The summed E-state index contributed by atoms with van der Waals surface area (Å²) in [5.74, 6) is 0. The van der Waals surface area contributed by atoms with E-state index in [4.69, 9.17) is 9.47 Å². The number of unbranched alkanes of at least 4 members (excludes halogenated alkanes) is 2. The Morgan fingerprint density at radius 2 is 1.86 bits per heavy atom. The Bertz CT molecular complexity index is 109. The van der Waals surface area contributed by atoms with E-state index in [1.807, 2.05) is 0 Å². The second kappa shape index (κ2) is 11.5. The summed E-state index contributed by atoms with van der Waals surface area (Å²) < 4.78 is 10.3. The van der Waals surface area contributed by atoms with E-state index in [9.17, 15) is 0 Å². The summed E-state index contributed by atoms with van der Waals surface area (Å²) in [7, 11) is 1.70. The maximum absolute atomic E-state index is 5.37. The van der Waals surface area contributed by atoms with Crippen molar-refractivity contribution in [1.29, 1.82) is 0 Å². The smallest absolute Gasteiger partial charge is 0.0700 e. The molecule has 0 aliphatic carbocycles. The first-order chi connectivity index (χ1) is 6.81. The van der Waals surface area contributed by atoms with Gasteiger partial charge in [0.15, 0.2) is 0 Å². The molecule has 0 bridgehead atoms. The molecule has 0 amide bonds. The number of hydrogen-bond acceptors (Lipinski definition) is 2.